The highest BCUT2D eigenvalue weighted by atomic mass is 16.5. The first-order valence-corrected chi connectivity index (χ1v) is 28.6. The monoisotopic (exact) mass is 924 g/mol. The van der Waals surface area contributed by atoms with E-state index in [1.165, 1.54) is 161 Å². The lowest BCUT2D eigenvalue weighted by atomic mass is 10.0. The van der Waals surface area contributed by atoms with Crippen molar-refractivity contribution in [1.82, 2.24) is 5.32 Å². The highest BCUT2D eigenvalue weighted by molar-refractivity contribution is 5.76. The second-order valence-electron chi connectivity index (χ2n) is 19.3. The number of amides is 1. The number of unbranched alkanes of at least 4 members (excludes halogenated alkanes) is 33. The fourth-order valence-electron chi connectivity index (χ4n) is 8.33. The summed E-state index contributed by atoms with van der Waals surface area (Å²) < 4.78 is 5.44. The summed E-state index contributed by atoms with van der Waals surface area (Å²) in [7, 11) is 0. The minimum atomic E-state index is -0.857. The Morgan fingerprint density at radius 3 is 1.20 bits per heavy atom. The third kappa shape index (κ3) is 51.0. The first-order valence-electron chi connectivity index (χ1n) is 28.6. The van der Waals surface area contributed by atoms with E-state index in [-0.39, 0.29) is 18.5 Å². The zero-order valence-corrected chi connectivity index (χ0v) is 43.7. The van der Waals surface area contributed by atoms with Gasteiger partial charge in [0.1, 0.15) is 0 Å². The fraction of sp³-hybridized carbons (Fsp3) is 0.800. The number of nitrogens with one attached hydrogen (secondary N) is 1. The van der Waals surface area contributed by atoms with Gasteiger partial charge in [-0.05, 0) is 96.3 Å². The number of carbonyl (C=O) groups is 2. The lowest BCUT2D eigenvalue weighted by Gasteiger charge is -2.20. The van der Waals surface area contributed by atoms with Crippen molar-refractivity contribution >= 4 is 11.9 Å². The van der Waals surface area contributed by atoms with Crippen molar-refractivity contribution < 1.29 is 24.5 Å². The Morgan fingerprint density at radius 2 is 0.773 bits per heavy atom. The van der Waals surface area contributed by atoms with Crippen LogP contribution in [-0.4, -0.2) is 47.4 Å². The quantitative estimate of drug-likeness (QED) is 0.0321. The van der Waals surface area contributed by atoms with E-state index in [0.717, 1.165) is 96.3 Å². The topological polar surface area (TPSA) is 95.9 Å². The molecule has 2 atom stereocenters. The van der Waals surface area contributed by atoms with Crippen LogP contribution in [0.25, 0.3) is 0 Å². The maximum Gasteiger partial charge on any atom is 0.305 e. The van der Waals surface area contributed by atoms with Gasteiger partial charge in [0.25, 0.3) is 0 Å². The molecule has 3 N–H and O–H groups in total. The van der Waals surface area contributed by atoms with Gasteiger partial charge in [-0.3, -0.25) is 9.59 Å². The maximum atomic E-state index is 12.5. The molecule has 66 heavy (non-hydrogen) atoms. The molecule has 0 radical (unpaired) electrons. The lowest BCUT2D eigenvalue weighted by Crippen LogP contribution is -2.45. The summed E-state index contributed by atoms with van der Waals surface area (Å²) in [4.78, 5) is 24.5. The molecule has 0 aromatic rings. The Hall–Kier alpha value is -2.44. The second-order valence-corrected chi connectivity index (χ2v) is 19.3. The van der Waals surface area contributed by atoms with E-state index in [9.17, 15) is 19.8 Å². The van der Waals surface area contributed by atoms with E-state index in [0.29, 0.717) is 19.4 Å². The van der Waals surface area contributed by atoms with Gasteiger partial charge in [0, 0.05) is 12.8 Å². The zero-order chi connectivity index (χ0) is 47.9. The molecule has 384 valence electrons. The molecule has 0 aliphatic carbocycles. The average Bonchev–Trinajstić information content (AvgIpc) is 3.32. The Balaban J connectivity index is 3.55. The summed E-state index contributed by atoms with van der Waals surface area (Å²) in [5, 5.41) is 23.1. The molecule has 0 aliphatic rings. The number of esters is 1. The molecule has 0 spiro atoms. The summed E-state index contributed by atoms with van der Waals surface area (Å²) in [5.41, 5.74) is 0. The minimum Gasteiger partial charge on any atom is -0.466 e. The number of aliphatic hydroxyl groups is 2. The molecule has 1 amide bonds. The molecule has 0 fully saturated rings. The van der Waals surface area contributed by atoms with E-state index >= 15 is 0 Å². The molecule has 0 rings (SSSR count). The Labute approximate surface area is 409 Å². The SMILES string of the molecule is CCCC/C=C\C/C=C\CCCCCCCC(=O)OCCCCC/C=C\C/C=C\CCCCCCCCCC(=O)NC(CO)C(O)/C=C/CCCCCCCCCCCCCCCCCC. The molecule has 0 aromatic heterocycles. The van der Waals surface area contributed by atoms with Gasteiger partial charge in [-0.2, -0.15) is 0 Å². The highest BCUT2D eigenvalue weighted by Crippen LogP contribution is 2.16. The van der Waals surface area contributed by atoms with Crippen molar-refractivity contribution in [2.24, 2.45) is 0 Å². The number of allylic oxidation sites excluding steroid dienone is 9. The van der Waals surface area contributed by atoms with Crippen molar-refractivity contribution in [3.63, 3.8) is 0 Å². The number of hydrogen-bond donors (Lipinski definition) is 3. The third-order valence-corrected chi connectivity index (χ3v) is 12.8. The smallest absolute Gasteiger partial charge is 0.305 e. The van der Waals surface area contributed by atoms with Crippen molar-refractivity contribution in [2.75, 3.05) is 13.2 Å². The Morgan fingerprint density at radius 1 is 0.424 bits per heavy atom. The third-order valence-electron chi connectivity index (χ3n) is 12.8. The predicted molar refractivity (Wildman–Crippen MR) is 287 cm³/mol. The molecule has 0 saturated heterocycles. The van der Waals surface area contributed by atoms with Crippen LogP contribution in [0.2, 0.25) is 0 Å². The predicted octanol–water partition coefficient (Wildman–Crippen LogP) is 17.6. The van der Waals surface area contributed by atoms with Crippen molar-refractivity contribution in [3.05, 3.63) is 60.8 Å². The first-order chi connectivity index (χ1) is 32.5. The molecule has 0 aliphatic heterocycles. The van der Waals surface area contributed by atoms with E-state index in [2.05, 4.69) is 67.8 Å². The normalized spacial score (nSPS) is 13.1. The van der Waals surface area contributed by atoms with E-state index in [4.69, 9.17) is 4.74 Å². The van der Waals surface area contributed by atoms with Crippen LogP contribution in [0.15, 0.2) is 60.8 Å². The number of ether oxygens (including phenoxy) is 1. The number of rotatable bonds is 52. The number of hydrogen-bond acceptors (Lipinski definition) is 5. The maximum absolute atomic E-state index is 12.5. The van der Waals surface area contributed by atoms with Crippen LogP contribution >= 0.6 is 0 Å². The Bertz CT molecular complexity index is 1160. The van der Waals surface area contributed by atoms with Gasteiger partial charge in [0.15, 0.2) is 0 Å². The van der Waals surface area contributed by atoms with Crippen LogP contribution in [0.5, 0.6) is 0 Å². The molecule has 0 heterocycles. The van der Waals surface area contributed by atoms with Gasteiger partial charge in [0.05, 0.1) is 25.4 Å². The highest BCUT2D eigenvalue weighted by Gasteiger charge is 2.18. The Kier molecular flexibility index (Phi) is 53.1. The molecular weight excluding hydrogens is 815 g/mol. The summed E-state index contributed by atoms with van der Waals surface area (Å²) >= 11 is 0. The summed E-state index contributed by atoms with van der Waals surface area (Å²) in [6.45, 7) is 4.81. The van der Waals surface area contributed by atoms with Crippen LogP contribution in [0.3, 0.4) is 0 Å². The van der Waals surface area contributed by atoms with Crippen LogP contribution in [0.1, 0.15) is 284 Å². The van der Waals surface area contributed by atoms with Gasteiger partial charge in [0.2, 0.25) is 5.91 Å². The van der Waals surface area contributed by atoms with E-state index in [1.807, 2.05) is 6.08 Å². The summed E-state index contributed by atoms with van der Waals surface area (Å²) in [5.74, 6) is -0.116. The molecule has 6 heteroatoms. The molecule has 2 unspecified atom stereocenters. The van der Waals surface area contributed by atoms with Gasteiger partial charge in [-0.15, -0.1) is 0 Å². The van der Waals surface area contributed by atoms with Crippen molar-refractivity contribution in [3.8, 4) is 0 Å². The van der Waals surface area contributed by atoms with E-state index < -0.39 is 12.1 Å². The van der Waals surface area contributed by atoms with Crippen LogP contribution in [0.4, 0.5) is 0 Å². The summed E-state index contributed by atoms with van der Waals surface area (Å²) in [6, 6.07) is -0.642. The van der Waals surface area contributed by atoms with Crippen LogP contribution < -0.4 is 5.32 Å². The van der Waals surface area contributed by atoms with Gasteiger partial charge in [-0.1, -0.05) is 235 Å². The zero-order valence-electron chi connectivity index (χ0n) is 43.7. The van der Waals surface area contributed by atoms with Crippen LogP contribution in [-0.2, 0) is 14.3 Å². The molecule has 6 nitrogen and oxygen atoms in total. The minimum absolute atomic E-state index is 0.0318. The van der Waals surface area contributed by atoms with Gasteiger partial charge >= 0.3 is 5.97 Å². The second kappa shape index (κ2) is 55.2. The van der Waals surface area contributed by atoms with Gasteiger partial charge in [-0.25, -0.2) is 0 Å². The standard InChI is InChI=1S/C60H109NO5/c1-3-5-7-9-11-13-15-17-19-20-22-25-28-32-36-40-44-48-52-58(63)57(56-62)61-59(64)53-49-45-41-37-33-29-26-23-21-24-27-31-35-39-43-47-51-55-66-60(65)54-50-46-42-38-34-30-18-16-14-12-10-8-6-4-2/h10,12,16,18,21,24,31,35,48,52,57-58,62-63H,3-9,11,13-15,17,19-20,22-23,25-30,32-34,36-47,49-51,53-56H2,1-2H3,(H,61,64)/b12-10-,18-16-,24-21-,35-31-,52-48+. The lowest BCUT2D eigenvalue weighted by molar-refractivity contribution is -0.143. The van der Waals surface area contributed by atoms with Gasteiger partial charge < -0.3 is 20.3 Å². The number of carbonyl (C=O) groups excluding carboxylic acids is 2. The molecule has 0 aromatic carbocycles. The largest absolute Gasteiger partial charge is 0.466 e. The fourth-order valence-corrected chi connectivity index (χ4v) is 8.33. The van der Waals surface area contributed by atoms with E-state index in [1.54, 1.807) is 6.08 Å². The molecule has 0 bridgehead atoms. The molecule has 0 saturated carbocycles. The van der Waals surface area contributed by atoms with Crippen molar-refractivity contribution in [2.45, 2.75) is 296 Å². The average molecular weight is 925 g/mol. The number of aliphatic hydroxyl groups excluding tert-OH is 2. The summed E-state index contributed by atoms with van der Waals surface area (Å²) in [6.07, 6.45) is 70.9. The molecular formula is C60H109NO5. The van der Waals surface area contributed by atoms with Crippen LogP contribution in [0, 0.1) is 0 Å². The first kappa shape index (κ1) is 63.6. The van der Waals surface area contributed by atoms with Crippen molar-refractivity contribution in [1.29, 1.82) is 0 Å².